The molecule has 2 aromatic carbocycles. The van der Waals surface area contributed by atoms with Gasteiger partial charge in [0.05, 0.1) is 13.3 Å². The summed E-state index contributed by atoms with van der Waals surface area (Å²) in [6.07, 6.45) is 3.80. The van der Waals surface area contributed by atoms with Crippen molar-refractivity contribution in [3.63, 3.8) is 0 Å². The Morgan fingerprint density at radius 3 is 2.67 bits per heavy atom. The first-order valence-corrected chi connectivity index (χ1v) is 10.7. The summed E-state index contributed by atoms with van der Waals surface area (Å²) < 4.78 is 5.65. The molecule has 0 radical (unpaired) electrons. The highest BCUT2D eigenvalue weighted by molar-refractivity contribution is 6.30. The van der Waals surface area contributed by atoms with Crippen molar-refractivity contribution in [2.45, 2.75) is 52.0 Å². The molecule has 0 aromatic heterocycles. The number of carbonyl (C=O) groups is 1. The summed E-state index contributed by atoms with van der Waals surface area (Å²) in [6.45, 7) is 10.1. The van der Waals surface area contributed by atoms with E-state index in [0.717, 1.165) is 30.7 Å². The van der Waals surface area contributed by atoms with Crippen LogP contribution in [0.3, 0.4) is 0 Å². The molecule has 1 heterocycles. The highest BCUT2D eigenvalue weighted by Gasteiger charge is 2.36. The third-order valence-electron chi connectivity index (χ3n) is 5.66. The third-order valence-corrected chi connectivity index (χ3v) is 5.91. The number of carbonyl (C=O) groups excluding carboxylic acids is 1. The minimum absolute atomic E-state index is 0.0929. The molecule has 1 unspecified atom stereocenters. The van der Waals surface area contributed by atoms with Crippen molar-refractivity contribution in [3.05, 3.63) is 58.1 Å². The van der Waals surface area contributed by atoms with Gasteiger partial charge in [-0.15, -0.1) is 0 Å². The maximum absolute atomic E-state index is 12.3. The van der Waals surface area contributed by atoms with Crippen LogP contribution in [-0.2, 0) is 0 Å². The van der Waals surface area contributed by atoms with Gasteiger partial charge in [-0.05, 0) is 68.5 Å². The first-order chi connectivity index (χ1) is 14.3. The maximum Gasteiger partial charge on any atom is 0.271 e. The van der Waals surface area contributed by atoms with E-state index in [9.17, 15) is 4.79 Å². The van der Waals surface area contributed by atoms with Gasteiger partial charge in [0.15, 0.2) is 0 Å². The number of anilines is 1. The van der Waals surface area contributed by atoms with Crippen LogP contribution in [0.2, 0.25) is 5.02 Å². The second-order valence-electron chi connectivity index (χ2n) is 8.43. The molecule has 3 rings (SSSR count). The number of ether oxygens (including phenoxy) is 1. The molecular weight excluding hydrogens is 398 g/mol. The van der Waals surface area contributed by atoms with Gasteiger partial charge in [-0.1, -0.05) is 25.4 Å². The van der Waals surface area contributed by atoms with Crippen LogP contribution in [0.1, 0.15) is 67.9 Å². The summed E-state index contributed by atoms with van der Waals surface area (Å²) in [6, 6.07) is 10.9. The van der Waals surface area contributed by atoms with E-state index in [-0.39, 0.29) is 11.4 Å². The second-order valence-corrected chi connectivity index (χ2v) is 8.86. The molecule has 1 amide bonds. The number of nitrogens with zero attached hydrogens (tertiary/aromatic N) is 2. The minimum atomic E-state index is -0.288. The van der Waals surface area contributed by atoms with Crippen molar-refractivity contribution in [2.75, 3.05) is 18.6 Å². The molecule has 1 aliphatic heterocycles. The first kappa shape index (κ1) is 22.2. The molecule has 0 saturated heterocycles. The molecule has 160 valence electrons. The summed E-state index contributed by atoms with van der Waals surface area (Å²) in [5.74, 6) is 0.873. The molecule has 0 spiro atoms. The van der Waals surface area contributed by atoms with Crippen molar-refractivity contribution < 1.29 is 9.53 Å². The van der Waals surface area contributed by atoms with Gasteiger partial charge in [0.2, 0.25) is 0 Å². The van der Waals surface area contributed by atoms with E-state index in [4.69, 9.17) is 16.3 Å². The Balaban J connectivity index is 1.87. The first-order valence-electron chi connectivity index (χ1n) is 10.4. The van der Waals surface area contributed by atoms with Crippen LogP contribution in [-0.4, -0.2) is 31.3 Å². The van der Waals surface area contributed by atoms with Gasteiger partial charge in [0.1, 0.15) is 5.75 Å². The normalized spacial score (nSPS) is 17.7. The van der Waals surface area contributed by atoms with Gasteiger partial charge in [0, 0.05) is 40.0 Å². The lowest BCUT2D eigenvalue weighted by atomic mass is 9.79. The Labute approximate surface area is 184 Å². The highest BCUT2D eigenvalue weighted by Crippen LogP contribution is 2.45. The van der Waals surface area contributed by atoms with Crippen LogP contribution in [0, 0.1) is 0 Å². The van der Waals surface area contributed by atoms with Crippen LogP contribution in [0.5, 0.6) is 5.75 Å². The number of fused-ring (bicyclic) bond motifs is 1. The van der Waals surface area contributed by atoms with E-state index in [0.29, 0.717) is 16.5 Å². The van der Waals surface area contributed by atoms with Crippen LogP contribution in [0.4, 0.5) is 5.69 Å². The highest BCUT2D eigenvalue weighted by atomic mass is 35.5. The monoisotopic (exact) mass is 427 g/mol. The number of methoxy groups -OCH3 is 1. The zero-order chi connectivity index (χ0) is 21.9. The van der Waals surface area contributed by atoms with E-state index in [1.165, 1.54) is 11.3 Å². The van der Waals surface area contributed by atoms with Crippen molar-refractivity contribution >= 4 is 29.4 Å². The summed E-state index contributed by atoms with van der Waals surface area (Å²) in [4.78, 5) is 14.7. The molecule has 0 bridgehead atoms. The van der Waals surface area contributed by atoms with Crippen LogP contribution in [0.15, 0.2) is 41.5 Å². The number of benzene rings is 2. The standard InChI is InChI=1S/C24H30ClN3O2/c1-6-11-28-21-13-22(30-5)18(12-20(21)16(2)14-24(28,3)4)15-26-27-23(29)17-7-9-19(25)10-8-17/h7-10,12-13,15-16H,6,11,14H2,1-5H3,(H,27,29)/b26-15-. The molecule has 6 heteroatoms. The molecular formula is C24H30ClN3O2. The third kappa shape index (κ3) is 4.62. The molecule has 0 saturated carbocycles. The zero-order valence-corrected chi connectivity index (χ0v) is 19.1. The lowest BCUT2D eigenvalue weighted by molar-refractivity contribution is 0.0955. The van der Waals surface area contributed by atoms with Crippen molar-refractivity contribution in [1.82, 2.24) is 5.43 Å². The quantitative estimate of drug-likeness (QED) is 0.481. The Morgan fingerprint density at radius 2 is 2.03 bits per heavy atom. The fourth-order valence-corrected chi connectivity index (χ4v) is 4.40. The van der Waals surface area contributed by atoms with Gasteiger partial charge in [-0.3, -0.25) is 4.79 Å². The molecule has 30 heavy (non-hydrogen) atoms. The Bertz CT molecular complexity index is 938. The summed E-state index contributed by atoms with van der Waals surface area (Å²) in [5, 5.41) is 4.74. The maximum atomic E-state index is 12.3. The Kier molecular flexibility index (Phi) is 6.71. The number of hydrogen-bond acceptors (Lipinski definition) is 4. The van der Waals surface area contributed by atoms with Crippen molar-refractivity contribution in [3.8, 4) is 5.75 Å². The number of hydrazone groups is 1. The fourth-order valence-electron chi connectivity index (χ4n) is 4.28. The summed E-state index contributed by atoms with van der Waals surface area (Å²) in [5.41, 5.74) is 6.52. The summed E-state index contributed by atoms with van der Waals surface area (Å²) in [7, 11) is 1.66. The topological polar surface area (TPSA) is 53.9 Å². The van der Waals surface area contributed by atoms with Crippen LogP contribution >= 0.6 is 11.6 Å². The van der Waals surface area contributed by atoms with Crippen LogP contribution < -0.4 is 15.1 Å². The lowest BCUT2D eigenvalue weighted by Crippen LogP contribution is -2.48. The largest absolute Gasteiger partial charge is 0.496 e. The predicted octanol–water partition coefficient (Wildman–Crippen LogP) is 5.61. The number of nitrogens with one attached hydrogen (secondary N) is 1. The average Bonchev–Trinajstić information content (AvgIpc) is 2.71. The number of halogens is 1. The van der Waals surface area contributed by atoms with E-state index in [1.807, 2.05) is 0 Å². The molecule has 5 nitrogen and oxygen atoms in total. The molecule has 1 atom stereocenters. The average molecular weight is 428 g/mol. The van der Waals surface area contributed by atoms with Gasteiger partial charge in [-0.25, -0.2) is 5.43 Å². The Hall–Kier alpha value is -2.53. The van der Waals surface area contributed by atoms with Gasteiger partial charge in [-0.2, -0.15) is 5.10 Å². The lowest BCUT2D eigenvalue weighted by Gasteiger charge is -2.47. The number of hydrogen-bond donors (Lipinski definition) is 1. The van der Waals surface area contributed by atoms with Crippen molar-refractivity contribution in [1.29, 1.82) is 0 Å². The van der Waals surface area contributed by atoms with Gasteiger partial charge >= 0.3 is 0 Å². The van der Waals surface area contributed by atoms with Crippen LogP contribution in [0.25, 0.3) is 0 Å². The van der Waals surface area contributed by atoms with Gasteiger partial charge in [0.25, 0.3) is 5.91 Å². The second kappa shape index (κ2) is 9.09. The SMILES string of the molecule is CCCN1c2cc(OC)c(/C=N\NC(=O)c3ccc(Cl)cc3)cc2C(C)CC1(C)C. The molecule has 0 aliphatic carbocycles. The number of amides is 1. The predicted molar refractivity (Wildman–Crippen MR) is 124 cm³/mol. The Morgan fingerprint density at radius 1 is 1.33 bits per heavy atom. The van der Waals surface area contributed by atoms with E-state index >= 15 is 0 Å². The van der Waals surface area contributed by atoms with E-state index in [2.05, 4.69) is 55.3 Å². The zero-order valence-electron chi connectivity index (χ0n) is 18.3. The van der Waals surface area contributed by atoms with E-state index in [1.54, 1.807) is 37.6 Å². The minimum Gasteiger partial charge on any atom is -0.496 e. The fraction of sp³-hybridized carbons (Fsp3) is 0.417. The smallest absolute Gasteiger partial charge is 0.271 e. The molecule has 1 aliphatic rings. The number of rotatable bonds is 6. The summed E-state index contributed by atoms with van der Waals surface area (Å²) >= 11 is 5.87. The molecule has 0 fully saturated rings. The molecule has 2 aromatic rings. The van der Waals surface area contributed by atoms with Crippen molar-refractivity contribution in [2.24, 2.45) is 5.10 Å². The van der Waals surface area contributed by atoms with Gasteiger partial charge < -0.3 is 9.64 Å². The van der Waals surface area contributed by atoms with E-state index < -0.39 is 0 Å². The molecule has 1 N–H and O–H groups in total.